The van der Waals surface area contributed by atoms with Gasteiger partial charge in [0.2, 0.25) is 0 Å². The van der Waals surface area contributed by atoms with Gasteiger partial charge in [-0.2, -0.15) is 0 Å². The van der Waals surface area contributed by atoms with Crippen molar-refractivity contribution in [3.8, 4) is 33.4 Å². The molecule has 0 fully saturated rings. The van der Waals surface area contributed by atoms with Gasteiger partial charge in [0.25, 0.3) is 0 Å². The summed E-state index contributed by atoms with van der Waals surface area (Å²) in [6.45, 7) is 4.68. The summed E-state index contributed by atoms with van der Waals surface area (Å²) in [5.41, 5.74) is 14.9. The van der Waals surface area contributed by atoms with Gasteiger partial charge in [-0.1, -0.05) is 147 Å². The van der Waals surface area contributed by atoms with Crippen LogP contribution in [0.1, 0.15) is 25.0 Å². The molecular weight excluding hydrogens is 619 g/mol. The standard InChI is InChI=1S/C49H35NO/c1-49(2)42-18-9-8-16-40(42)47-43(49)19-11-20-44(47)50(38-27-24-34(25-28-38)36-23-22-33-14-6-7-15-35(33)30-36)45-21-10-17-39-41-31-37(32-12-4-3-5-13-32)26-29-46(41)51-48(39)45/h3-31H,1-2H3. The Bertz CT molecular complexity index is 2770. The summed E-state index contributed by atoms with van der Waals surface area (Å²) in [6.07, 6.45) is 0. The van der Waals surface area contributed by atoms with Crippen molar-refractivity contribution in [2.24, 2.45) is 0 Å². The molecule has 2 nitrogen and oxygen atoms in total. The summed E-state index contributed by atoms with van der Waals surface area (Å²) >= 11 is 0. The highest BCUT2D eigenvalue weighted by Gasteiger charge is 2.38. The summed E-state index contributed by atoms with van der Waals surface area (Å²) in [7, 11) is 0. The lowest BCUT2D eigenvalue weighted by atomic mass is 9.82. The van der Waals surface area contributed by atoms with E-state index in [1.54, 1.807) is 0 Å². The lowest BCUT2D eigenvalue weighted by Gasteiger charge is -2.29. The molecule has 0 saturated heterocycles. The van der Waals surface area contributed by atoms with Gasteiger partial charge in [-0.05, 0) is 92.2 Å². The van der Waals surface area contributed by atoms with Crippen LogP contribution < -0.4 is 4.90 Å². The van der Waals surface area contributed by atoms with Crippen LogP contribution in [0, 0.1) is 0 Å². The number of hydrogen-bond acceptors (Lipinski definition) is 2. The van der Waals surface area contributed by atoms with Crippen LogP contribution in [0.3, 0.4) is 0 Å². The number of hydrogen-bond donors (Lipinski definition) is 0. The highest BCUT2D eigenvalue weighted by molar-refractivity contribution is 6.12. The first-order valence-electron chi connectivity index (χ1n) is 17.7. The van der Waals surface area contributed by atoms with E-state index in [1.165, 1.54) is 55.3 Å². The number of rotatable bonds is 5. The molecule has 1 aromatic heterocycles. The summed E-state index contributed by atoms with van der Waals surface area (Å²) in [5, 5.41) is 4.71. The molecule has 1 aliphatic carbocycles. The first-order valence-corrected chi connectivity index (χ1v) is 17.7. The summed E-state index contributed by atoms with van der Waals surface area (Å²) in [5.74, 6) is 0. The maximum atomic E-state index is 6.82. The Kier molecular flexibility index (Phi) is 6.56. The van der Waals surface area contributed by atoms with Gasteiger partial charge >= 0.3 is 0 Å². The zero-order valence-corrected chi connectivity index (χ0v) is 28.6. The van der Waals surface area contributed by atoms with Crippen molar-refractivity contribution in [2.45, 2.75) is 19.3 Å². The molecule has 2 heteroatoms. The average Bonchev–Trinajstić information content (AvgIpc) is 3.68. The van der Waals surface area contributed by atoms with E-state index in [-0.39, 0.29) is 5.41 Å². The lowest BCUT2D eigenvalue weighted by molar-refractivity contribution is 0.660. The molecule has 10 rings (SSSR count). The number of para-hydroxylation sites is 1. The van der Waals surface area contributed by atoms with Gasteiger partial charge in [0.05, 0.1) is 11.4 Å². The van der Waals surface area contributed by atoms with Gasteiger partial charge in [-0.15, -0.1) is 0 Å². The fourth-order valence-electron chi connectivity index (χ4n) is 8.27. The van der Waals surface area contributed by atoms with E-state index in [4.69, 9.17) is 4.42 Å². The predicted octanol–water partition coefficient (Wildman–Crippen LogP) is 13.8. The molecule has 0 saturated carbocycles. The fourth-order valence-corrected chi connectivity index (χ4v) is 8.27. The zero-order chi connectivity index (χ0) is 34.1. The van der Waals surface area contributed by atoms with Crippen molar-refractivity contribution >= 4 is 49.8 Å². The number of fused-ring (bicyclic) bond motifs is 7. The minimum Gasteiger partial charge on any atom is -0.454 e. The second-order valence-electron chi connectivity index (χ2n) is 14.1. The maximum Gasteiger partial charge on any atom is 0.159 e. The molecule has 0 spiro atoms. The molecule has 9 aromatic rings. The molecule has 1 aliphatic rings. The summed E-state index contributed by atoms with van der Waals surface area (Å²) in [6, 6.07) is 63.6. The molecule has 0 atom stereocenters. The predicted molar refractivity (Wildman–Crippen MR) is 214 cm³/mol. The first-order chi connectivity index (χ1) is 25.0. The Hall–Kier alpha value is -6.38. The molecule has 0 amide bonds. The Morgan fingerprint density at radius 3 is 1.96 bits per heavy atom. The van der Waals surface area contributed by atoms with Crippen LogP contribution in [0.2, 0.25) is 0 Å². The van der Waals surface area contributed by atoms with Crippen LogP contribution in [-0.2, 0) is 5.41 Å². The Morgan fingerprint density at radius 1 is 0.451 bits per heavy atom. The lowest BCUT2D eigenvalue weighted by Crippen LogP contribution is -2.16. The number of anilines is 3. The maximum absolute atomic E-state index is 6.82. The smallest absolute Gasteiger partial charge is 0.159 e. The third-order valence-electron chi connectivity index (χ3n) is 10.9. The van der Waals surface area contributed by atoms with E-state index in [1.807, 2.05) is 0 Å². The van der Waals surface area contributed by atoms with E-state index in [9.17, 15) is 0 Å². The monoisotopic (exact) mass is 653 g/mol. The average molecular weight is 654 g/mol. The van der Waals surface area contributed by atoms with Crippen LogP contribution in [-0.4, -0.2) is 0 Å². The molecular formula is C49H35NO. The molecule has 1 heterocycles. The molecule has 0 aliphatic heterocycles. The second-order valence-corrected chi connectivity index (χ2v) is 14.1. The van der Waals surface area contributed by atoms with Gasteiger partial charge in [-0.25, -0.2) is 0 Å². The van der Waals surface area contributed by atoms with E-state index < -0.39 is 0 Å². The minimum absolute atomic E-state index is 0.118. The molecule has 0 N–H and O–H groups in total. The van der Waals surface area contributed by atoms with Crippen molar-refractivity contribution in [3.05, 3.63) is 187 Å². The van der Waals surface area contributed by atoms with Gasteiger partial charge in [-0.3, -0.25) is 0 Å². The number of benzene rings is 8. The molecule has 8 aromatic carbocycles. The van der Waals surface area contributed by atoms with Crippen LogP contribution >= 0.6 is 0 Å². The van der Waals surface area contributed by atoms with Crippen molar-refractivity contribution in [3.63, 3.8) is 0 Å². The summed E-state index contributed by atoms with van der Waals surface area (Å²) in [4.78, 5) is 2.41. The SMILES string of the molecule is CC1(C)c2ccccc2-c2c(N(c3ccc(-c4ccc5ccccc5c4)cc3)c3cccc4c3oc3ccc(-c5ccccc5)cc34)cccc21. The van der Waals surface area contributed by atoms with Crippen LogP contribution in [0.25, 0.3) is 66.1 Å². The topological polar surface area (TPSA) is 16.4 Å². The van der Waals surface area contributed by atoms with E-state index in [2.05, 4.69) is 195 Å². The van der Waals surface area contributed by atoms with Crippen LogP contribution in [0.15, 0.2) is 180 Å². The Labute approximate surface area is 297 Å². The van der Waals surface area contributed by atoms with Gasteiger partial charge < -0.3 is 9.32 Å². The largest absolute Gasteiger partial charge is 0.454 e. The number of furan rings is 1. The molecule has 51 heavy (non-hydrogen) atoms. The van der Waals surface area contributed by atoms with E-state index in [0.29, 0.717) is 0 Å². The third kappa shape index (κ3) is 4.64. The normalized spacial score (nSPS) is 13.1. The quantitative estimate of drug-likeness (QED) is 0.184. The van der Waals surface area contributed by atoms with Crippen LogP contribution in [0.4, 0.5) is 17.1 Å². The minimum atomic E-state index is -0.118. The third-order valence-corrected chi connectivity index (χ3v) is 10.9. The molecule has 242 valence electrons. The number of nitrogens with zero attached hydrogens (tertiary/aromatic N) is 1. The van der Waals surface area contributed by atoms with Gasteiger partial charge in [0, 0.05) is 27.4 Å². The van der Waals surface area contributed by atoms with Gasteiger partial charge in [0.1, 0.15) is 5.58 Å². The summed E-state index contributed by atoms with van der Waals surface area (Å²) < 4.78 is 6.82. The molecule has 0 radical (unpaired) electrons. The van der Waals surface area contributed by atoms with E-state index in [0.717, 1.165) is 39.0 Å². The molecule has 0 unspecified atom stereocenters. The van der Waals surface area contributed by atoms with Crippen molar-refractivity contribution in [2.75, 3.05) is 4.90 Å². The highest BCUT2D eigenvalue weighted by Crippen LogP contribution is 2.55. The highest BCUT2D eigenvalue weighted by atomic mass is 16.3. The van der Waals surface area contributed by atoms with Crippen molar-refractivity contribution in [1.29, 1.82) is 0 Å². The second kappa shape index (κ2) is 11.3. The fraction of sp³-hybridized carbons (Fsp3) is 0.0612. The molecule has 0 bridgehead atoms. The first kappa shape index (κ1) is 29.5. The van der Waals surface area contributed by atoms with Crippen molar-refractivity contribution in [1.82, 2.24) is 0 Å². The zero-order valence-electron chi connectivity index (χ0n) is 28.6. The van der Waals surface area contributed by atoms with Gasteiger partial charge in [0.15, 0.2) is 5.58 Å². The van der Waals surface area contributed by atoms with Crippen LogP contribution in [0.5, 0.6) is 0 Å². The van der Waals surface area contributed by atoms with E-state index >= 15 is 0 Å². The Balaban J connectivity index is 1.19. The van der Waals surface area contributed by atoms with Crippen molar-refractivity contribution < 1.29 is 4.42 Å². The Morgan fingerprint density at radius 2 is 1.10 bits per heavy atom.